The van der Waals surface area contributed by atoms with E-state index in [4.69, 9.17) is 4.74 Å². The highest BCUT2D eigenvalue weighted by molar-refractivity contribution is 5.90. The third-order valence-electron chi connectivity index (χ3n) is 3.50. The largest absolute Gasteiger partial charge is 0.467 e. The van der Waals surface area contributed by atoms with Crippen molar-refractivity contribution in [3.8, 4) is 0 Å². The van der Waals surface area contributed by atoms with Gasteiger partial charge < -0.3 is 10.1 Å². The first-order chi connectivity index (χ1) is 7.26. The Hall–Kier alpha value is -1.51. The van der Waals surface area contributed by atoms with Gasteiger partial charge >= 0.3 is 5.97 Å². The summed E-state index contributed by atoms with van der Waals surface area (Å²) in [5.74, 6) is 0.293. The summed E-state index contributed by atoms with van der Waals surface area (Å²) in [7, 11) is 1.45. The fraction of sp³-hybridized carbons (Fsp3) is 0.417. The van der Waals surface area contributed by atoms with Crippen molar-refractivity contribution in [3.05, 3.63) is 29.8 Å². The van der Waals surface area contributed by atoms with Crippen LogP contribution in [0.25, 0.3) is 0 Å². The molecule has 1 aliphatic carbocycles. The zero-order valence-electron chi connectivity index (χ0n) is 8.62. The molecule has 0 amide bonds. The summed E-state index contributed by atoms with van der Waals surface area (Å²) >= 11 is 0. The molecule has 1 heterocycles. The standard InChI is InChI=1S/C12H13NO2/c1-15-11(14)12-7-9(12)6-8-4-2-3-5-10(8)13-12/h2-5,9,13H,6-7H2,1H3. The van der Waals surface area contributed by atoms with E-state index in [1.165, 1.54) is 12.7 Å². The quantitative estimate of drug-likeness (QED) is 0.704. The average Bonchev–Trinajstić information content (AvgIpc) is 2.99. The summed E-state index contributed by atoms with van der Waals surface area (Å²) in [6, 6.07) is 8.16. The molecule has 1 aromatic rings. The first-order valence-electron chi connectivity index (χ1n) is 5.21. The molecule has 3 rings (SSSR count). The Kier molecular flexibility index (Phi) is 1.61. The Bertz CT molecular complexity index is 429. The van der Waals surface area contributed by atoms with Crippen molar-refractivity contribution in [2.75, 3.05) is 12.4 Å². The lowest BCUT2D eigenvalue weighted by Crippen LogP contribution is -2.38. The van der Waals surface area contributed by atoms with E-state index in [-0.39, 0.29) is 5.97 Å². The number of rotatable bonds is 1. The van der Waals surface area contributed by atoms with Crippen LogP contribution in [0.2, 0.25) is 0 Å². The molecule has 3 nitrogen and oxygen atoms in total. The molecule has 0 radical (unpaired) electrons. The summed E-state index contributed by atoms with van der Waals surface area (Å²) in [4.78, 5) is 11.7. The van der Waals surface area contributed by atoms with E-state index in [9.17, 15) is 4.79 Å². The number of fused-ring (bicyclic) bond motifs is 2. The zero-order chi connectivity index (χ0) is 10.5. The Labute approximate surface area is 88.4 Å². The number of hydrogen-bond donors (Lipinski definition) is 1. The second kappa shape index (κ2) is 2.75. The van der Waals surface area contributed by atoms with Crippen LogP contribution in [0.5, 0.6) is 0 Å². The van der Waals surface area contributed by atoms with Crippen LogP contribution in [-0.4, -0.2) is 18.6 Å². The topological polar surface area (TPSA) is 38.3 Å². The lowest BCUT2D eigenvalue weighted by Gasteiger charge is -2.24. The summed E-state index contributed by atoms with van der Waals surface area (Å²) in [6.45, 7) is 0. The van der Waals surface area contributed by atoms with Crippen LogP contribution in [-0.2, 0) is 16.0 Å². The molecular weight excluding hydrogens is 190 g/mol. The molecular formula is C12H13NO2. The van der Waals surface area contributed by atoms with Gasteiger partial charge in [-0.2, -0.15) is 0 Å². The second-order valence-corrected chi connectivity index (χ2v) is 4.35. The number of methoxy groups -OCH3 is 1. The van der Waals surface area contributed by atoms with Crippen LogP contribution in [0, 0.1) is 5.92 Å². The Morgan fingerprint density at radius 2 is 2.33 bits per heavy atom. The van der Waals surface area contributed by atoms with Crippen molar-refractivity contribution in [1.82, 2.24) is 0 Å². The molecule has 1 aliphatic heterocycles. The summed E-state index contributed by atoms with van der Waals surface area (Å²) < 4.78 is 4.85. The fourth-order valence-corrected chi connectivity index (χ4v) is 2.54. The van der Waals surface area contributed by atoms with Crippen LogP contribution in [0.15, 0.2) is 24.3 Å². The van der Waals surface area contributed by atoms with Crippen LogP contribution < -0.4 is 5.32 Å². The first-order valence-corrected chi connectivity index (χ1v) is 5.21. The Balaban J connectivity index is 1.95. The molecule has 3 heteroatoms. The van der Waals surface area contributed by atoms with Crippen molar-refractivity contribution in [2.24, 2.45) is 5.92 Å². The summed E-state index contributed by atoms with van der Waals surface area (Å²) in [6.07, 6.45) is 1.88. The summed E-state index contributed by atoms with van der Waals surface area (Å²) in [5.41, 5.74) is 1.97. The Morgan fingerprint density at radius 3 is 3.13 bits per heavy atom. The number of ether oxygens (including phenoxy) is 1. The van der Waals surface area contributed by atoms with Crippen LogP contribution in [0.1, 0.15) is 12.0 Å². The van der Waals surface area contributed by atoms with E-state index in [0.717, 1.165) is 18.5 Å². The molecule has 2 aliphatic rings. The molecule has 1 fully saturated rings. The molecule has 78 valence electrons. The predicted molar refractivity (Wildman–Crippen MR) is 56.6 cm³/mol. The Morgan fingerprint density at radius 1 is 1.53 bits per heavy atom. The van der Waals surface area contributed by atoms with E-state index in [0.29, 0.717) is 5.92 Å². The minimum atomic E-state index is -0.414. The monoisotopic (exact) mass is 203 g/mol. The van der Waals surface area contributed by atoms with E-state index in [2.05, 4.69) is 11.4 Å². The van der Waals surface area contributed by atoms with Gasteiger partial charge in [0.2, 0.25) is 0 Å². The third-order valence-corrected chi connectivity index (χ3v) is 3.50. The predicted octanol–water partition coefficient (Wildman–Crippen LogP) is 1.59. The molecule has 0 saturated heterocycles. The van der Waals surface area contributed by atoms with Gasteiger partial charge in [0.15, 0.2) is 0 Å². The van der Waals surface area contributed by atoms with Crippen molar-refractivity contribution in [1.29, 1.82) is 0 Å². The summed E-state index contributed by atoms with van der Waals surface area (Å²) in [5, 5.41) is 3.32. The molecule has 2 atom stereocenters. The maximum Gasteiger partial charge on any atom is 0.331 e. The van der Waals surface area contributed by atoms with Crippen LogP contribution in [0.4, 0.5) is 5.69 Å². The minimum absolute atomic E-state index is 0.123. The smallest absolute Gasteiger partial charge is 0.331 e. The zero-order valence-corrected chi connectivity index (χ0v) is 8.62. The highest BCUT2D eigenvalue weighted by Gasteiger charge is 2.63. The molecule has 2 unspecified atom stereocenters. The van der Waals surface area contributed by atoms with Crippen molar-refractivity contribution in [2.45, 2.75) is 18.4 Å². The molecule has 0 aromatic heterocycles. The van der Waals surface area contributed by atoms with E-state index in [1.807, 2.05) is 18.2 Å². The lowest BCUT2D eigenvalue weighted by molar-refractivity contribution is -0.143. The first kappa shape index (κ1) is 8.77. The SMILES string of the molecule is COC(=O)C12CC1Cc1ccccc1N2. The van der Waals surface area contributed by atoms with Crippen molar-refractivity contribution >= 4 is 11.7 Å². The number of carbonyl (C=O) groups excluding carboxylic acids is 1. The van der Waals surface area contributed by atoms with Gasteiger partial charge in [0, 0.05) is 5.69 Å². The molecule has 1 saturated carbocycles. The average molecular weight is 203 g/mol. The molecule has 0 bridgehead atoms. The van der Waals surface area contributed by atoms with E-state index in [1.54, 1.807) is 0 Å². The van der Waals surface area contributed by atoms with Gasteiger partial charge in [-0.05, 0) is 30.4 Å². The van der Waals surface area contributed by atoms with Crippen LogP contribution >= 0.6 is 0 Å². The van der Waals surface area contributed by atoms with Gasteiger partial charge in [-0.25, -0.2) is 4.79 Å². The second-order valence-electron chi connectivity index (χ2n) is 4.35. The highest BCUT2D eigenvalue weighted by atomic mass is 16.5. The molecule has 1 aromatic carbocycles. The number of benzene rings is 1. The fourth-order valence-electron chi connectivity index (χ4n) is 2.54. The maximum atomic E-state index is 11.7. The minimum Gasteiger partial charge on any atom is -0.467 e. The normalized spacial score (nSPS) is 30.9. The number of anilines is 1. The van der Waals surface area contributed by atoms with Crippen LogP contribution in [0.3, 0.4) is 0 Å². The van der Waals surface area contributed by atoms with Gasteiger partial charge in [0.1, 0.15) is 5.54 Å². The van der Waals surface area contributed by atoms with Gasteiger partial charge in [-0.1, -0.05) is 18.2 Å². The van der Waals surface area contributed by atoms with Gasteiger partial charge in [0.25, 0.3) is 0 Å². The molecule has 15 heavy (non-hydrogen) atoms. The molecule has 1 N–H and O–H groups in total. The number of esters is 1. The number of nitrogens with one attached hydrogen (secondary N) is 1. The number of carbonyl (C=O) groups is 1. The van der Waals surface area contributed by atoms with E-state index < -0.39 is 5.54 Å². The van der Waals surface area contributed by atoms with Crippen molar-refractivity contribution in [3.63, 3.8) is 0 Å². The van der Waals surface area contributed by atoms with Gasteiger partial charge in [0.05, 0.1) is 7.11 Å². The van der Waals surface area contributed by atoms with E-state index >= 15 is 0 Å². The third kappa shape index (κ3) is 1.09. The highest BCUT2D eigenvalue weighted by Crippen LogP contribution is 2.52. The number of para-hydroxylation sites is 1. The van der Waals surface area contributed by atoms with Crippen molar-refractivity contribution < 1.29 is 9.53 Å². The molecule has 0 spiro atoms. The van der Waals surface area contributed by atoms with Gasteiger partial charge in [-0.15, -0.1) is 0 Å². The maximum absolute atomic E-state index is 11.7. The lowest BCUT2D eigenvalue weighted by atomic mass is 9.98. The number of hydrogen-bond acceptors (Lipinski definition) is 3. The van der Waals surface area contributed by atoms with Gasteiger partial charge in [-0.3, -0.25) is 0 Å².